The molecular weight excluding hydrogens is 634 g/mol. The normalized spacial score (nSPS) is 12.2. The molecule has 1 amide bonds. The van der Waals surface area contributed by atoms with Crippen molar-refractivity contribution in [2.75, 3.05) is 85.8 Å². The van der Waals surface area contributed by atoms with Crippen LogP contribution in [0.1, 0.15) is 23.1 Å². The lowest BCUT2D eigenvalue weighted by atomic mass is 9.95. The molecule has 2 aromatic rings. The third kappa shape index (κ3) is 15.7. The predicted octanol–water partition coefficient (Wildman–Crippen LogP) is 3.33. The Morgan fingerprint density at radius 1 is 0.739 bits per heavy atom. The van der Waals surface area contributed by atoms with Crippen molar-refractivity contribution in [3.63, 3.8) is 0 Å². The molecule has 1 aromatic carbocycles. The number of halogens is 6. The van der Waals surface area contributed by atoms with Gasteiger partial charge >= 0.3 is 12.4 Å². The second-order valence-corrected chi connectivity index (χ2v) is 9.09. The van der Waals surface area contributed by atoms with Crippen molar-refractivity contribution in [1.82, 2.24) is 20.7 Å². The Hall–Kier alpha value is -3.42. The van der Waals surface area contributed by atoms with E-state index < -0.39 is 40.5 Å². The Bertz CT molecular complexity index is 1140. The summed E-state index contributed by atoms with van der Waals surface area (Å²) in [7, 11) is 0. The number of aldehydes is 1. The van der Waals surface area contributed by atoms with Gasteiger partial charge in [0, 0.05) is 24.6 Å². The number of carbonyl (C=O) groups is 2. The number of H-pyrrole nitrogens is 1. The third-order valence-corrected chi connectivity index (χ3v) is 5.69. The van der Waals surface area contributed by atoms with Crippen molar-refractivity contribution in [3.8, 4) is 11.3 Å². The molecule has 0 aliphatic carbocycles. The lowest BCUT2D eigenvalue weighted by Crippen LogP contribution is -2.26. The molecule has 2 N–H and O–H groups in total. The summed E-state index contributed by atoms with van der Waals surface area (Å²) >= 11 is 0. The fraction of sp³-hybridized carbons (Fsp3) is 0.571. The Morgan fingerprint density at radius 3 is 1.61 bits per heavy atom. The maximum Gasteiger partial charge on any atom is 0.417 e. The average Bonchev–Trinajstić information content (AvgIpc) is 3.55. The van der Waals surface area contributed by atoms with E-state index in [9.17, 15) is 35.9 Å². The fourth-order valence-electron chi connectivity index (χ4n) is 3.59. The number of benzene rings is 1. The van der Waals surface area contributed by atoms with Crippen molar-refractivity contribution in [2.24, 2.45) is 0 Å². The van der Waals surface area contributed by atoms with Gasteiger partial charge in [-0.25, -0.2) is 0 Å². The fourth-order valence-corrected chi connectivity index (χ4v) is 3.59. The van der Waals surface area contributed by atoms with E-state index in [2.05, 4.69) is 20.7 Å². The molecule has 1 heterocycles. The van der Waals surface area contributed by atoms with Gasteiger partial charge in [-0.3, -0.25) is 4.79 Å². The summed E-state index contributed by atoms with van der Waals surface area (Å²) in [4.78, 5) is 22.2. The molecule has 0 unspecified atom stereocenters. The highest BCUT2D eigenvalue weighted by Gasteiger charge is 2.41. The molecule has 0 fully saturated rings. The number of hydrogen-bond donors (Lipinski definition) is 2. The summed E-state index contributed by atoms with van der Waals surface area (Å²) in [6.45, 7) is 3.79. The first-order valence-electron chi connectivity index (χ1n) is 14.1. The van der Waals surface area contributed by atoms with Gasteiger partial charge in [-0.15, -0.1) is 0 Å². The predicted molar refractivity (Wildman–Crippen MR) is 149 cm³/mol. The van der Waals surface area contributed by atoms with Crippen molar-refractivity contribution >= 4 is 18.3 Å². The molecule has 0 aliphatic heterocycles. The summed E-state index contributed by atoms with van der Waals surface area (Å²) in [5.41, 5.74) is -5.03. The van der Waals surface area contributed by atoms with Crippen molar-refractivity contribution in [3.05, 3.63) is 41.1 Å². The van der Waals surface area contributed by atoms with Crippen LogP contribution < -0.4 is 5.32 Å². The number of carbonyl (C=O) groups excluding carboxylic acids is 2. The largest absolute Gasteiger partial charge is 0.417 e. The summed E-state index contributed by atoms with van der Waals surface area (Å²) < 4.78 is 114. The summed E-state index contributed by atoms with van der Waals surface area (Å²) in [5.74, 6) is -0.910. The number of nitrogens with zero attached hydrogens (tertiary/aromatic N) is 2. The molecule has 0 saturated heterocycles. The highest BCUT2D eigenvalue weighted by Crippen LogP contribution is 2.42. The van der Waals surface area contributed by atoms with E-state index in [-0.39, 0.29) is 32.1 Å². The first kappa shape index (κ1) is 38.8. The molecule has 0 spiro atoms. The van der Waals surface area contributed by atoms with E-state index in [4.69, 9.17) is 28.4 Å². The minimum absolute atomic E-state index is 0.0294. The first-order chi connectivity index (χ1) is 22.0. The molecule has 1 aromatic heterocycles. The van der Waals surface area contributed by atoms with Gasteiger partial charge in [0.05, 0.1) is 96.6 Å². The van der Waals surface area contributed by atoms with Crippen LogP contribution in [-0.4, -0.2) is 113 Å². The molecule has 0 atom stereocenters. The Labute approximate surface area is 260 Å². The molecule has 0 radical (unpaired) electrons. The van der Waals surface area contributed by atoms with Crippen molar-refractivity contribution in [1.29, 1.82) is 0 Å². The van der Waals surface area contributed by atoms with Gasteiger partial charge in [0.2, 0.25) is 5.91 Å². The highest BCUT2D eigenvalue weighted by atomic mass is 19.4. The number of amides is 1. The van der Waals surface area contributed by atoms with Crippen LogP contribution in [-0.2, 0) is 50.4 Å². The van der Waals surface area contributed by atoms with Crippen LogP contribution in [0, 0.1) is 0 Å². The third-order valence-electron chi connectivity index (χ3n) is 5.69. The molecule has 12 nitrogen and oxygen atoms in total. The van der Waals surface area contributed by atoms with Gasteiger partial charge in [-0.05, 0) is 23.8 Å². The van der Waals surface area contributed by atoms with Gasteiger partial charge in [0.1, 0.15) is 12.0 Å². The maximum atomic E-state index is 13.7. The quantitative estimate of drug-likeness (QED) is 0.0739. The number of nitrogens with one attached hydrogen (secondary N) is 2. The molecule has 46 heavy (non-hydrogen) atoms. The maximum absolute atomic E-state index is 13.7. The van der Waals surface area contributed by atoms with Crippen LogP contribution in [0.2, 0.25) is 0 Å². The van der Waals surface area contributed by atoms with Gasteiger partial charge in [0.15, 0.2) is 0 Å². The average molecular weight is 671 g/mol. The van der Waals surface area contributed by atoms with E-state index in [1.165, 1.54) is 0 Å². The summed E-state index contributed by atoms with van der Waals surface area (Å²) in [5, 5.41) is 11.4. The molecule has 0 saturated carbocycles. The van der Waals surface area contributed by atoms with E-state index in [1.807, 2.05) is 0 Å². The lowest BCUT2D eigenvalue weighted by molar-refractivity contribution is -0.143. The van der Waals surface area contributed by atoms with E-state index in [1.54, 1.807) is 0 Å². The second kappa shape index (κ2) is 21.4. The zero-order chi connectivity index (χ0) is 33.7. The van der Waals surface area contributed by atoms with Crippen LogP contribution in [0.15, 0.2) is 24.4 Å². The van der Waals surface area contributed by atoms with Crippen LogP contribution >= 0.6 is 0 Å². The molecule has 258 valence electrons. The standard InChI is InChI=1S/C28H36F6N4O8/c29-27(30,31)23-18-21(25-20-36-38-37-25)19-24(28(32,33)34)22(23)2-3-26(40)35-4-7-42-9-11-44-13-15-46-17-16-45-14-12-43-10-8-41-6-1-5-39/h2-3,5,18-20H,1,4,6-17H2,(H,35,40)(H,36,37,38)/b3-2+. The van der Waals surface area contributed by atoms with E-state index in [0.29, 0.717) is 90.2 Å². The smallest absolute Gasteiger partial charge is 0.379 e. The number of rotatable bonds is 24. The number of aromatic nitrogens is 3. The topological polar surface area (TPSA) is 143 Å². The number of ether oxygens (including phenoxy) is 6. The SMILES string of the molecule is O=CCCOCCOCCOCCOCCOCCOCCNC(=O)/C=C/c1c(C(F)(F)F)cc(-c2cn[nH]n2)cc1C(F)(F)F. The highest BCUT2D eigenvalue weighted by molar-refractivity contribution is 5.92. The van der Waals surface area contributed by atoms with Gasteiger partial charge in [-0.2, -0.15) is 41.8 Å². The number of aromatic amines is 1. The minimum Gasteiger partial charge on any atom is -0.379 e. The zero-order valence-corrected chi connectivity index (χ0v) is 24.8. The van der Waals surface area contributed by atoms with Crippen LogP contribution in [0.25, 0.3) is 17.3 Å². The van der Waals surface area contributed by atoms with E-state index >= 15 is 0 Å². The minimum atomic E-state index is -5.15. The second-order valence-electron chi connectivity index (χ2n) is 9.09. The van der Waals surface area contributed by atoms with Crippen molar-refractivity contribution < 1.29 is 64.4 Å². The van der Waals surface area contributed by atoms with E-state index in [0.717, 1.165) is 12.5 Å². The Kier molecular flexibility index (Phi) is 18.0. The summed E-state index contributed by atoms with van der Waals surface area (Å²) in [6.07, 6.45) is -7.10. The van der Waals surface area contributed by atoms with Crippen LogP contribution in [0.5, 0.6) is 0 Å². The molecule has 0 bridgehead atoms. The molecule has 2 rings (SSSR count). The van der Waals surface area contributed by atoms with Gasteiger partial charge in [0.25, 0.3) is 0 Å². The summed E-state index contributed by atoms with van der Waals surface area (Å²) in [6, 6.07) is 1.03. The van der Waals surface area contributed by atoms with Gasteiger partial charge < -0.3 is 38.5 Å². The van der Waals surface area contributed by atoms with Crippen LogP contribution in [0.3, 0.4) is 0 Å². The monoisotopic (exact) mass is 670 g/mol. The molecular formula is C28H36F6N4O8. The van der Waals surface area contributed by atoms with Crippen molar-refractivity contribution in [2.45, 2.75) is 18.8 Å². The van der Waals surface area contributed by atoms with Crippen LogP contribution in [0.4, 0.5) is 26.3 Å². The van der Waals surface area contributed by atoms with Gasteiger partial charge in [-0.1, -0.05) is 0 Å². The Morgan fingerprint density at radius 2 is 1.20 bits per heavy atom. The lowest BCUT2D eigenvalue weighted by Gasteiger charge is -2.18. The Balaban J connectivity index is 1.59. The molecule has 18 heteroatoms. The number of alkyl halides is 6. The molecule has 0 aliphatic rings. The zero-order valence-electron chi connectivity index (χ0n) is 24.8. The first-order valence-corrected chi connectivity index (χ1v) is 14.1. The number of hydrogen-bond acceptors (Lipinski definition) is 10.